The molecule has 118 valence electrons. The number of benzene rings is 4. The smallest absolute Gasteiger partial charge is 0.118 e. The van der Waals surface area contributed by atoms with Crippen LogP contribution in [-0.4, -0.2) is 7.11 Å². The minimum atomic E-state index is 0.885. The third kappa shape index (κ3) is 2.43. The molecule has 0 saturated heterocycles. The number of hydrogen-bond acceptors (Lipinski definition) is 1. The standard InChI is InChI=1S/C23H20O/c1-15-4-6-18-14-22(17-7-9-19(24-3)10-8-17)23-13-16(2)5-11-20(23)21(18)12-15/h4-14H,1-3H3. The van der Waals surface area contributed by atoms with Gasteiger partial charge in [-0.2, -0.15) is 0 Å². The van der Waals surface area contributed by atoms with Gasteiger partial charge in [-0.3, -0.25) is 0 Å². The molecule has 0 aromatic heterocycles. The average Bonchev–Trinajstić information content (AvgIpc) is 2.61. The summed E-state index contributed by atoms with van der Waals surface area (Å²) in [5, 5.41) is 5.22. The Morgan fingerprint density at radius 2 is 1.29 bits per heavy atom. The van der Waals surface area contributed by atoms with Crippen LogP contribution < -0.4 is 4.74 Å². The monoisotopic (exact) mass is 312 g/mol. The molecule has 0 aliphatic heterocycles. The van der Waals surface area contributed by atoms with Crippen molar-refractivity contribution in [2.75, 3.05) is 7.11 Å². The van der Waals surface area contributed by atoms with Crippen molar-refractivity contribution >= 4 is 21.5 Å². The number of ether oxygens (including phenoxy) is 1. The SMILES string of the molecule is COc1ccc(-c2cc3ccc(C)cc3c3ccc(C)cc23)cc1. The van der Waals surface area contributed by atoms with Crippen molar-refractivity contribution in [3.05, 3.63) is 77.9 Å². The second-order valence-electron chi connectivity index (χ2n) is 6.43. The first-order valence-corrected chi connectivity index (χ1v) is 8.24. The Balaban J connectivity index is 2.08. The Bertz CT molecular complexity index is 1040. The van der Waals surface area contributed by atoms with Crippen LogP contribution in [0.3, 0.4) is 0 Å². The highest BCUT2D eigenvalue weighted by Crippen LogP contribution is 2.36. The molecule has 1 nitrogen and oxygen atoms in total. The highest BCUT2D eigenvalue weighted by atomic mass is 16.5. The van der Waals surface area contributed by atoms with E-state index < -0.39 is 0 Å². The number of hydrogen-bond donors (Lipinski definition) is 0. The van der Waals surface area contributed by atoms with Crippen molar-refractivity contribution in [1.82, 2.24) is 0 Å². The summed E-state index contributed by atoms with van der Waals surface area (Å²) in [4.78, 5) is 0. The zero-order valence-corrected chi connectivity index (χ0v) is 14.3. The van der Waals surface area contributed by atoms with Gasteiger partial charge in [-0.1, -0.05) is 59.7 Å². The van der Waals surface area contributed by atoms with Gasteiger partial charge in [0, 0.05) is 0 Å². The zero-order chi connectivity index (χ0) is 16.7. The molecule has 0 radical (unpaired) electrons. The highest BCUT2D eigenvalue weighted by molar-refractivity contribution is 6.14. The lowest BCUT2D eigenvalue weighted by Crippen LogP contribution is -1.87. The van der Waals surface area contributed by atoms with E-state index in [1.54, 1.807) is 7.11 Å². The van der Waals surface area contributed by atoms with E-state index >= 15 is 0 Å². The molecule has 4 aromatic rings. The largest absolute Gasteiger partial charge is 0.497 e. The molecular weight excluding hydrogens is 292 g/mol. The first-order valence-electron chi connectivity index (χ1n) is 8.24. The second-order valence-corrected chi connectivity index (χ2v) is 6.43. The molecule has 4 rings (SSSR count). The summed E-state index contributed by atoms with van der Waals surface area (Å²) in [7, 11) is 1.70. The topological polar surface area (TPSA) is 9.23 Å². The Morgan fingerprint density at radius 3 is 2.00 bits per heavy atom. The first-order chi connectivity index (χ1) is 11.7. The summed E-state index contributed by atoms with van der Waals surface area (Å²) in [6.45, 7) is 4.30. The van der Waals surface area contributed by atoms with Crippen molar-refractivity contribution in [3.63, 3.8) is 0 Å². The van der Waals surface area contributed by atoms with Gasteiger partial charge in [-0.05, 0) is 64.7 Å². The summed E-state index contributed by atoms with van der Waals surface area (Å²) in [6, 6.07) is 24.0. The van der Waals surface area contributed by atoms with Gasteiger partial charge in [0.1, 0.15) is 5.75 Å². The lowest BCUT2D eigenvalue weighted by Gasteiger charge is -2.13. The Kier molecular flexibility index (Phi) is 3.50. The van der Waals surface area contributed by atoms with Crippen LogP contribution in [0.5, 0.6) is 5.75 Å². The highest BCUT2D eigenvalue weighted by Gasteiger charge is 2.09. The summed E-state index contributed by atoms with van der Waals surface area (Å²) in [5.41, 5.74) is 5.06. The van der Waals surface area contributed by atoms with E-state index in [0.29, 0.717) is 0 Å². The molecule has 0 fully saturated rings. The predicted octanol–water partition coefficient (Wildman–Crippen LogP) is 6.29. The van der Waals surface area contributed by atoms with Crippen molar-refractivity contribution in [2.45, 2.75) is 13.8 Å². The minimum absolute atomic E-state index is 0.885. The van der Waals surface area contributed by atoms with E-state index in [1.165, 1.54) is 43.8 Å². The van der Waals surface area contributed by atoms with Crippen molar-refractivity contribution < 1.29 is 4.74 Å². The molecule has 24 heavy (non-hydrogen) atoms. The van der Waals surface area contributed by atoms with Crippen molar-refractivity contribution in [3.8, 4) is 16.9 Å². The van der Waals surface area contributed by atoms with E-state index in [1.807, 2.05) is 12.1 Å². The average molecular weight is 312 g/mol. The van der Waals surface area contributed by atoms with Crippen molar-refractivity contribution in [2.24, 2.45) is 0 Å². The van der Waals surface area contributed by atoms with E-state index in [0.717, 1.165) is 5.75 Å². The van der Waals surface area contributed by atoms with Gasteiger partial charge in [0.2, 0.25) is 0 Å². The van der Waals surface area contributed by atoms with Crippen LogP contribution in [0.4, 0.5) is 0 Å². The Labute approximate surface area is 142 Å². The maximum atomic E-state index is 5.30. The molecule has 0 aliphatic carbocycles. The lowest BCUT2D eigenvalue weighted by atomic mass is 9.91. The second kappa shape index (κ2) is 5.68. The first kappa shape index (κ1) is 14.8. The summed E-state index contributed by atoms with van der Waals surface area (Å²) < 4.78 is 5.30. The van der Waals surface area contributed by atoms with Gasteiger partial charge >= 0.3 is 0 Å². The van der Waals surface area contributed by atoms with Crippen LogP contribution in [0.2, 0.25) is 0 Å². The van der Waals surface area contributed by atoms with Crippen molar-refractivity contribution in [1.29, 1.82) is 0 Å². The van der Waals surface area contributed by atoms with E-state index in [-0.39, 0.29) is 0 Å². The molecule has 4 aromatic carbocycles. The van der Waals surface area contributed by atoms with Crippen LogP contribution in [-0.2, 0) is 0 Å². The zero-order valence-electron chi connectivity index (χ0n) is 14.3. The normalized spacial score (nSPS) is 11.1. The summed E-state index contributed by atoms with van der Waals surface area (Å²) in [5.74, 6) is 0.885. The van der Waals surface area contributed by atoms with E-state index in [9.17, 15) is 0 Å². The third-order valence-electron chi connectivity index (χ3n) is 4.67. The molecular formula is C23H20O. The number of methoxy groups -OCH3 is 1. The van der Waals surface area contributed by atoms with Gasteiger partial charge in [-0.25, -0.2) is 0 Å². The van der Waals surface area contributed by atoms with Gasteiger partial charge in [0.15, 0.2) is 0 Å². The number of fused-ring (bicyclic) bond motifs is 3. The fourth-order valence-electron chi connectivity index (χ4n) is 3.39. The molecule has 0 atom stereocenters. The molecule has 0 unspecified atom stereocenters. The summed E-state index contributed by atoms with van der Waals surface area (Å²) in [6.07, 6.45) is 0. The molecule has 0 spiro atoms. The molecule has 0 heterocycles. The van der Waals surface area contributed by atoms with Crippen LogP contribution in [0.15, 0.2) is 66.7 Å². The lowest BCUT2D eigenvalue weighted by molar-refractivity contribution is 0.415. The van der Waals surface area contributed by atoms with Gasteiger partial charge in [0.25, 0.3) is 0 Å². The third-order valence-corrected chi connectivity index (χ3v) is 4.67. The van der Waals surface area contributed by atoms with Crippen LogP contribution in [0, 0.1) is 13.8 Å². The Morgan fingerprint density at radius 1 is 0.625 bits per heavy atom. The predicted molar refractivity (Wildman–Crippen MR) is 103 cm³/mol. The van der Waals surface area contributed by atoms with Crippen LogP contribution in [0.25, 0.3) is 32.7 Å². The van der Waals surface area contributed by atoms with Gasteiger partial charge in [0.05, 0.1) is 7.11 Å². The van der Waals surface area contributed by atoms with Crippen LogP contribution in [0.1, 0.15) is 11.1 Å². The molecule has 0 bridgehead atoms. The van der Waals surface area contributed by atoms with E-state index in [2.05, 4.69) is 68.4 Å². The number of aryl methyl sites for hydroxylation is 2. The molecule has 0 saturated carbocycles. The van der Waals surface area contributed by atoms with Gasteiger partial charge in [-0.15, -0.1) is 0 Å². The van der Waals surface area contributed by atoms with E-state index in [4.69, 9.17) is 4.74 Å². The van der Waals surface area contributed by atoms with Gasteiger partial charge < -0.3 is 4.74 Å². The molecule has 0 amide bonds. The molecule has 0 N–H and O–H groups in total. The molecule has 1 heteroatoms. The minimum Gasteiger partial charge on any atom is -0.497 e. The number of rotatable bonds is 2. The summed E-state index contributed by atoms with van der Waals surface area (Å²) >= 11 is 0. The quantitative estimate of drug-likeness (QED) is 0.395. The maximum Gasteiger partial charge on any atom is 0.118 e. The Hall–Kier alpha value is -2.80. The van der Waals surface area contributed by atoms with Crippen LogP contribution >= 0.6 is 0 Å². The fraction of sp³-hybridized carbons (Fsp3) is 0.130. The fourth-order valence-corrected chi connectivity index (χ4v) is 3.39. The maximum absolute atomic E-state index is 5.30. The molecule has 0 aliphatic rings.